The summed E-state index contributed by atoms with van der Waals surface area (Å²) in [6.07, 6.45) is 4.77. The molecule has 4 rings (SSSR count). The lowest BCUT2D eigenvalue weighted by molar-refractivity contribution is -0.144. The Morgan fingerprint density at radius 1 is 1.06 bits per heavy atom. The van der Waals surface area contributed by atoms with Gasteiger partial charge in [-0.15, -0.1) is 10.2 Å². The van der Waals surface area contributed by atoms with Crippen LogP contribution in [0.2, 0.25) is 0 Å². The average Bonchev–Trinajstić information content (AvgIpc) is 3.15. The summed E-state index contributed by atoms with van der Waals surface area (Å²) in [5.41, 5.74) is 5.05. The van der Waals surface area contributed by atoms with E-state index in [0.717, 1.165) is 23.2 Å². The van der Waals surface area contributed by atoms with Crippen LogP contribution in [0.15, 0.2) is 54.6 Å². The van der Waals surface area contributed by atoms with Gasteiger partial charge in [-0.1, -0.05) is 57.9 Å². The van der Waals surface area contributed by atoms with Crippen LogP contribution in [0, 0.1) is 5.92 Å². The smallest absolute Gasteiger partial charge is 0.326 e. The van der Waals surface area contributed by atoms with Crippen LogP contribution in [0.1, 0.15) is 61.5 Å². The van der Waals surface area contributed by atoms with E-state index in [1.165, 1.54) is 29.7 Å². The van der Waals surface area contributed by atoms with Crippen LogP contribution in [0.5, 0.6) is 0 Å². The van der Waals surface area contributed by atoms with Crippen molar-refractivity contribution < 1.29 is 14.7 Å². The van der Waals surface area contributed by atoms with E-state index in [0.29, 0.717) is 23.6 Å². The maximum Gasteiger partial charge on any atom is 0.326 e. The van der Waals surface area contributed by atoms with E-state index in [4.69, 9.17) is 0 Å². The molecule has 35 heavy (non-hydrogen) atoms. The minimum absolute atomic E-state index is 0.187. The van der Waals surface area contributed by atoms with Gasteiger partial charge in [0.25, 0.3) is 5.91 Å². The van der Waals surface area contributed by atoms with Gasteiger partial charge in [-0.3, -0.25) is 4.79 Å². The van der Waals surface area contributed by atoms with E-state index < -0.39 is 12.0 Å². The Bertz CT molecular complexity index is 1190. The molecular weight excluding hydrogens is 440 g/mol. The van der Waals surface area contributed by atoms with Gasteiger partial charge < -0.3 is 15.3 Å². The summed E-state index contributed by atoms with van der Waals surface area (Å²) in [6, 6.07) is 16.8. The number of carboxylic acid groups (broad SMARTS) is 1. The maximum absolute atomic E-state index is 13.0. The molecule has 0 saturated heterocycles. The number of anilines is 2. The number of carbonyl (C=O) groups is 2. The number of hydrogen-bond donors (Lipinski definition) is 2. The molecule has 1 aliphatic heterocycles. The summed E-state index contributed by atoms with van der Waals surface area (Å²) in [5, 5.41) is 21.5. The van der Waals surface area contributed by atoms with Crippen LogP contribution < -0.4 is 5.32 Å². The van der Waals surface area contributed by atoms with Gasteiger partial charge in [0.05, 0.1) is 5.69 Å². The van der Waals surface area contributed by atoms with E-state index in [9.17, 15) is 14.7 Å². The quantitative estimate of drug-likeness (QED) is 0.368. The Kier molecular flexibility index (Phi) is 7.44. The van der Waals surface area contributed by atoms with E-state index in [1.807, 2.05) is 38.1 Å². The molecule has 0 saturated carbocycles. The van der Waals surface area contributed by atoms with Gasteiger partial charge in [-0.2, -0.15) is 0 Å². The SMILES string of the molecule is CCCCCc1ccc(Nc2ccc(-c3ccc4c(c3)C(=O)N([C@H](C(=O)O)C(C)C)C4)nn2)cc1. The van der Waals surface area contributed by atoms with E-state index in [-0.39, 0.29) is 11.8 Å². The lowest BCUT2D eigenvalue weighted by atomic mass is 10.0. The molecule has 7 nitrogen and oxygen atoms in total. The predicted molar refractivity (Wildman–Crippen MR) is 137 cm³/mol. The molecule has 0 bridgehead atoms. The number of fused-ring (bicyclic) bond motifs is 1. The van der Waals surface area contributed by atoms with Gasteiger partial charge in [-0.05, 0) is 60.2 Å². The van der Waals surface area contributed by atoms with E-state index in [1.54, 1.807) is 6.07 Å². The number of aliphatic carboxylic acids is 1. The van der Waals surface area contributed by atoms with Crippen molar-refractivity contribution in [2.45, 2.75) is 59.0 Å². The second-order valence-electron chi connectivity index (χ2n) is 9.41. The topological polar surface area (TPSA) is 95.4 Å². The number of benzene rings is 2. The summed E-state index contributed by atoms with van der Waals surface area (Å²) >= 11 is 0. The number of nitrogens with zero attached hydrogens (tertiary/aromatic N) is 3. The summed E-state index contributed by atoms with van der Waals surface area (Å²) in [5.74, 6) is -0.792. The third kappa shape index (κ3) is 5.50. The van der Waals surface area contributed by atoms with E-state index >= 15 is 0 Å². The van der Waals surface area contributed by atoms with Crippen molar-refractivity contribution in [3.05, 3.63) is 71.3 Å². The number of aromatic nitrogens is 2. The first-order valence-corrected chi connectivity index (χ1v) is 12.2. The second kappa shape index (κ2) is 10.7. The molecule has 182 valence electrons. The normalized spacial score (nSPS) is 13.7. The van der Waals surface area contributed by atoms with Gasteiger partial charge in [0.15, 0.2) is 5.82 Å². The number of carbonyl (C=O) groups excluding carboxylic acids is 1. The Morgan fingerprint density at radius 3 is 2.46 bits per heavy atom. The first kappa shape index (κ1) is 24.4. The average molecular weight is 473 g/mol. The van der Waals surface area contributed by atoms with E-state index in [2.05, 4.69) is 46.7 Å². The number of amides is 1. The first-order chi connectivity index (χ1) is 16.9. The van der Waals surface area contributed by atoms with Crippen LogP contribution in [0.25, 0.3) is 11.3 Å². The fourth-order valence-corrected chi connectivity index (χ4v) is 4.52. The molecular formula is C28H32N4O3. The van der Waals surface area contributed by atoms with Crippen LogP contribution in [-0.2, 0) is 17.8 Å². The third-order valence-corrected chi connectivity index (χ3v) is 6.42. The Balaban J connectivity index is 1.45. The standard InChI is InChI=1S/C28H32N4O3/c1-4-5-6-7-19-8-12-22(13-9-19)29-25-15-14-24(30-31-25)20-10-11-21-17-32(27(33)23(21)16-20)26(18(2)3)28(34)35/h8-16,18,26H,4-7,17H2,1-3H3,(H,29,31)(H,34,35)/t26-/m0/s1. The Labute approximate surface area is 206 Å². The second-order valence-corrected chi connectivity index (χ2v) is 9.41. The minimum Gasteiger partial charge on any atom is -0.480 e. The van der Waals surface area contributed by atoms with Crippen LogP contribution in [-0.4, -0.2) is 38.1 Å². The molecule has 2 heterocycles. The van der Waals surface area contributed by atoms with Crippen molar-refractivity contribution >= 4 is 23.4 Å². The third-order valence-electron chi connectivity index (χ3n) is 6.42. The predicted octanol–water partition coefficient (Wildman–Crippen LogP) is 5.68. The molecule has 0 unspecified atom stereocenters. The highest BCUT2D eigenvalue weighted by Crippen LogP contribution is 2.31. The van der Waals surface area contributed by atoms with Gasteiger partial charge in [0.2, 0.25) is 0 Å². The van der Waals surface area contributed by atoms with Crippen molar-refractivity contribution in [2.24, 2.45) is 5.92 Å². The number of aryl methyl sites for hydroxylation is 1. The Morgan fingerprint density at radius 2 is 1.83 bits per heavy atom. The summed E-state index contributed by atoms with van der Waals surface area (Å²) in [6.45, 7) is 6.14. The highest BCUT2D eigenvalue weighted by molar-refractivity contribution is 6.01. The lowest BCUT2D eigenvalue weighted by Crippen LogP contribution is -2.44. The lowest BCUT2D eigenvalue weighted by Gasteiger charge is -2.27. The van der Waals surface area contributed by atoms with Crippen LogP contribution in [0.4, 0.5) is 11.5 Å². The summed E-state index contributed by atoms with van der Waals surface area (Å²) < 4.78 is 0. The fraction of sp³-hybridized carbons (Fsp3) is 0.357. The number of carboxylic acids is 1. The van der Waals surface area contributed by atoms with Crippen molar-refractivity contribution in [3.63, 3.8) is 0 Å². The molecule has 1 atom stereocenters. The van der Waals surface area contributed by atoms with Gasteiger partial charge in [-0.25, -0.2) is 4.79 Å². The van der Waals surface area contributed by atoms with Crippen molar-refractivity contribution in [1.29, 1.82) is 0 Å². The highest BCUT2D eigenvalue weighted by atomic mass is 16.4. The molecule has 3 aromatic rings. The highest BCUT2D eigenvalue weighted by Gasteiger charge is 2.38. The van der Waals surface area contributed by atoms with Crippen molar-refractivity contribution in [3.8, 4) is 11.3 Å². The zero-order chi connectivity index (χ0) is 24.9. The van der Waals surface area contributed by atoms with Crippen LogP contribution >= 0.6 is 0 Å². The van der Waals surface area contributed by atoms with Crippen LogP contribution in [0.3, 0.4) is 0 Å². The fourth-order valence-electron chi connectivity index (χ4n) is 4.52. The molecule has 0 aliphatic carbocycles. The number of nitrogens with one attached hydrogen (secondary N) is 1. The Hall–Kier alpha value is -3.74. The summed E-state index contributed by atoms with van der Waals surface area (Å²) in [4.78, 5) is 26.2. The van der Waals surface area contributed by atoms with Crippen molar-refractivity contribution in [1.82, 2.24) is 15.1 Å². The van der Waals surface area contributed by atoms with Gasteiger partial charge in [0.1, 0.15) is 6.04 Å². The number of hydrogen-bond acceptors (Lipinski definition) is 5. The molecule has 0 spiro atoms. The maximum atomic E-state index is 13.0. The molecule has 0 radical (unpaired) electrons. The zero-order valence-electron chi connectivity index (χ0n) is 20.5. The zero-order valence-corrected chi connectivity index (χ0v) is 20.5. The molecule has 2 N–H and O–H groups in total. The van der Waals surface area contributed by atoms with Gasteiger partial charge >= 0.3 is 5.97 Å². The molecule has 1 aliphatic rings. The molecule has 1 amide bonds. The number of rotatable bonds is 10. The molecule has 0 fully saturated rings. The summed E-state index contributed by atoms with van der Waals surface area (Å²) in [7, 11) is 0. The molecule has 1 aromatic heterocycles. The largest absolute Gasteiger partial charge is 0.480 e. The van der Waals surface area contributed by atoms with Gasteiger partial charge in [0, 0.05) is 23.4 Å². The van der Waals surface area contributed by atoms with Crippen molar-refractivity contribution in [2.75, 3.05) is 5.32 Å². The monoisotopic (exact) mass is 472 g/mol. The molecule has 2 aromatic carbocycles. The molecule has 7 heteroatoms. The number of unbranched alkanes of at least 4 members (excludes halogenated alkanes) is 2. The minimum atomic E-state index is -0.985. The first-order valence-electron chi connectivity index (χ1n) is 12.2.